The molecule has 0 fully saturated rings. The fourth-order valence-corrected chi connectivity index (χ4v) is 0.716. The van der Waals surface area contributed by atoms with Gasteiger partial charge < -0.3 is 5.73 Å². The predicted molar refractivity (Wildman–Crippen MR) is 45.8 cm³/mol. The quantitative estimate of drug-likeness (QED) is 0.658. The van der Waals surface area contributed by atoms with Crippen LogP contribution in [0.25, 0.3) is 6.08 Å². The summed E-state index contributed by atoms with van der Waals surface area (Å²) < 4.78 is 0. The zero-order chi connectivity index (χ0) is 8.27. The normalized spacial score (nSPS) is 9.27. The Morgan fingerprint density at radius 2 is 2.27 bits per heavy atom. The van der Waals surface area contributed by atoms with Crippen LogP contribution >= 0.6 is 0 Å². The summed E-state index contributed by atoms with van der Waals surface area (Å²) in [5.41, 5.74) is 6.62. The van der Waals surface area contributed by atoms with Crippen molar-refractivity contribution in [2.75, 3.05) is 5.73 Å². The van der Waals surface area contributed by atoms with Gasteiger partial charge in [-0.25, -0.2) is 9.97 Å². The van der Waals surface area contributed by atoms with E-state index < -0.39 is 0 Å². The fourth-order valence-electron chi connectivity index (χ4n) is 0.716. The lowest BCUT2D eigenvalue weighted by atomic mass is 10.3. The standard InChI is InChI=1S/C8H11N3/c1-6(2)5-8-10-4-3-7(9)11-8/h3-5H,1-2H3,(H2,9,10,11). The van der Waals surface area contributed by atoms with E-state index in [-0.39, 0.29) is 0 Å². The zero-order valence-corrected chi connectivity index (χ0v) is 6.70. The SMILES string of the molecule is CC(C)=Cc1nccc(N)n1. The minimum absolute atomic E-state index is 0.507. The van der Waals surface area contributed by atoms with Crippen LogP contribution < -0.4 is 5.73 Å². The minimum atomic E-state index is 0.507. The predicted octanol–water partition coefficient (Wildman–Crippen LogP) is 1.48. The van der Waals surface area contributed by atoms with Crippen molar-refractivity contribution in [1.29, 1.82) is 0 Å². The van der Waals surface area contributed by atoms with Gasteiger partial charge in [0.15, 0.2) is 5.82 Å². The van der Waals surface area contributed by atoms with Crippen LogP contribution in [0, 0.1) is 0 Å². The van der Waals surface area contributed by atoms with Gasteiger partial charge in [0.25, 0.3) is 0 Å². The van der Waals surface area contributed by atoms with E-state index >= 15 is 0 Å². The summed E-state index contributed by atoms with van der Waals surface area (Å²) in [5, 5.41) is 0. The first kappa shape index (κ1) is 7.72. The topological polar surface area (TPSA) is 51.8 Å². The lowest BCUT2D eigenvalue weighted by Gasteiger charge is -1.93. The van der Waals surface area contributed by atoms with Crippen LogP contribution in [0.3, 0.4) is 0 Å². The third-order valence-electron chi connectivity index (χ3n) is 1.11. The molecule has 0 aromatic carbocycles. The summed E-state index contributed by atoms with van der Waals surface area (Å²) in [6, 6.07) is 1.67. The molecule has 0 aliphatic rings. The second-order valence-corrected chi connectivity index (χ2v) is 2.56. The van der Waals surface area contributed by atoms with Crippen LogP contribution in [0.2, 0.25) is 0 Å². The third-order valence-corrected chi connectivity index (χ3v) is 1.11. The van der Waals surface area contributed by atoms with Gasteiger partial charge in [-0.1, -0.05) is 5.57 Å². The largest absolute Gasteiger partial charge is 0.384 e. The number of hydrogen-bond acceptors (Lipinski definition) is 3. The summed E-state index contributed by atoms with van der Waals surface area (Å²) in [5.74, 6) is 1.18. The number of aromatic nitrogens is 2. The highest BCUT2D eigenvalue weighted by atomic mass is 14.9. The Labute approximate surface area is 66.0 Å². The number of nitrogens with two attached hydrogens (primary N) is 1. The van der Waals surface area contributed by atoms with Crippen LogP contribution in [-0.2, 0) is 0 Å². The Balaban J connectivity index is 2.97. The van der Waals surface area contributed by atoms with Crippen LogP contribution in [-0.4, -0.2) is 9.97 Å². The number of nitrogen functional groups attached to an aromatic ring is 1. The van der Waals surface area contributed by atoms with Gasteiger partial charge in [0.05, 0.1) is 0 Å². The van der Waals surface area contributed by atoms with E-state index in [4.69, 9.17) is 5.73 Å². The smallest absolute Gasteiger partial charge is 0.154 e. The third kappa shape index (κ3) is 2.37. The molecule has 0 bridgehead atoms. The number of rotatable bonds is 1. The van der Waals surface area contributed by atoms with Crippen LogP contribution in [0.5, 0.6) is 0 Å². The molecule has 0 atom stereocenters. The van der Waals surface area contributed by atoms with E-state index in [0.717, 1.165) is 5.57 Å². The Morgan fingerprint density at radius 1 is 1.55 bits per heavy atom. The van der Waals surface area contributed by atoms with Crippen molar-refractivity contribution < 1.29 is 0 Å². The van der Waals surface area contributed by atoms with Crippen LogP contribution in [0.15, 0.2) is 17.8 Å². The summed E-state index contributed by atoms with van der Waals surface area (Å²) >= 11 is 0. The van der Waals surface area contributed by atoms with Crippen LogP contribution in [0.4, 0.5) is 5.82 Å². The van der Waals surface area contributed by atoms with Gasteiger partial charge in [0, 0.05) is 6.20 Å². The summed E-state index contributed by atoms with van der Waals surface area (Å²) in [6.07, 6.45) is 3.54. The first-order valence-electron chi connectivity index (χ1n) is 3.42. The first-order valence-corrected chi connectivity index (χ1v) is 3.42. The second-order valence-electron chi connectivity index (χ2n) is 2.56. The number of allylic oxidation sites excluding steroid dienone is 1. The van der Waals surface area contributed by atoms with Crippen molar-refractivity contribution in [2.24, 2.45) is 0 Å². The van der Waals surface area contributed by atoms with Crippen molar-refractivity contribution >= 4 is 11.9 Å². The van der Waals surface area contributed by atoms with Crippen molar-refractivity contribution in [2.45, 2.75) is 13.8 Å². The molecule has 0 aliphatic carbocycles. The van der Waals surface area contributed by atoms with Gasteiger partial charge in [-0.3, -0.25) is 0 Å². The van der Waals surface area contributed by atoms with Crippen molar-refractivity contribution in [3.63, 3.8) is 0 Å². The van der Waals surface area contributed by atoms with E-state index in [0.29, 0.717) is 11.6 Å². The molecule has 0 aliphatic heterocycles. The van der Waals surface area contributed by atoms with E-state index in [1.807, 2.05) is 19.9 Å². The highest BCUT2D eigenvalue weighted by Gasteiger charge is 1.90. The Morgan fingerprint density at radius 3 is 2.82 bits per heavy atom. The number of anilines is 1. The van der Waals surface area contributed by atoms with E-state index in [1.165, 1.54) is 0 Å². The average Bonchev–Trinajstić information content (AvgIpc) is 1.85. The molecule has 3 heteroatoms. The first-order chi connectivity index (χ1) is 5.18. The molecule has 0 saturated heterocycles. The molecule has 58 valence electrons. The van der Waals surface area contributed by atoms with Gasteiger partial charge in [-0.2, -0.15) is 0 Å². The molecule has 1 heterocycles. The van der Waals surface area contributed by atoms with Crippen molar-refractivity contribution in [1.82, 2.24) is 9.97 Å². The molecule has 0 radical (unpaired) electrons. The molecular formula is C8H11N3. The molecule has 11 heavy (non-hydrogen) atoms. The summed E-state index contributed by atoms with van der Waals surface area (Å²) in [7, 11) is 0. The Bertz CT molecular complexity index is 274. The van der Waals surface area contributed by atoms with Gasteiger partial charge in [0.2, 0.25) is 0 Å². The molecule has 2 N–H and O–H groups in total. The molecule has 1 aromatic rings. The average molecular weight is 149 g/mol. The van der Waals surface area contributed by atoms with E-state index in [9.17, 15) is 0 Å². The molecule has 1 rings (SSSR count). The molecule has 0 unspecified atom stereocenters. The zero-order valence-electron chi connectivity index (χ0n) is 6.70. The lowest BCUT2D eigenvalue weighted by Crippen LogP contribution is -1.93. The maximum Gasteiger partial charge on any atom is 0.154 e. The van der Waals surface area contributed by atoms with Crippen molar-refractivity contribution in [3.05, 3.63) is 23.7 Å². The summed E-state index contributed by atoms with van der Waals surface area (Å²) in [4.78, 5) is 8.02. The number of nitrogens with zero attached hydrogens (tertiary/aromatic N) is 2. The maximum atomic E-state index is 5.45. The van der Waals surface area contributed by atoms with Crippen molar-refractivity contribution in [3.8, 4) is 0 Å². The molecule has 0 saturated carbocycles. The fraction of sp³-hybridized carbons (Fsp3) is 0.250. The van der Waals surface area contributed by atoms with Gasteiger partial charge in [0.1, 0.15) is 5.82 Å². The Hall–Kier alpha value is -1.38. The molecular weight excluding hydrogens is 138 g/mol. The van der Waals surface area contributed by atoms with E-state index in [1.54, 1.807) is 12.3 Å². The second kappa shape index (κ2) is 3.14. The maximum absolute atomic E-state index is 5.45. The minimum Gasteiger partial charge on any atom is -0.384 e. The van der Waals surface area contributed by atoms with Crippen LogP contribution in [0.1, 0.15) is 19.7 Å². The van der Waals surface area contributed by atoms with Gasteiger partial charge in [-0.15, -0.1) is 0 Å². The molecule has 0 spiro atoms. The Kier molecular flexibility index (Phi) is 2.21. The van der Waals surface area contributed by atoms with E-state index in [2.05, 4.69) is 9.97 Å². The monoisotopic (exact) mass is 149 g/mol. The highest BCUT2D eigenvalue weighted by Crippen LogP contribution is 2.01. The lowest BCUT2D eigenvalue weighted by molar-refractivity contribution is 1.14. The molecule has 3 nitrogen and oxygen atoms in total. The highest BCUT2D eigenvalue weighted by molar-refractivity contribution is 5.45. The summed E-state index contributed by atoms with van der Waals surface area (Å²) in [6.45, 7) is 3.99. The van der Waals surface area contributed by atoms with Gasteiger partial charge >= 0.3 is 0 Å². The molecule has 0 amide bonds. The molecule has 1 aromatic heterocycles. The van der Waals surface area contributed by atoms with Gasteiger partial charge in [-0.05, 0) is 26.0 Å². The number of hydrogen-bond donors (Lipinski definition) is 1.